The van der Waals surface area contributed by atoms with Crippen molar-refractivity contribution in [3.8, 4) is 23.2 Å². The first-order valence-corrected chi connectivity index (χ1v) is 8.75. The van der Waals surface area contributed by atoms with E-state index in [-0.39, 0.29) is 0 Å². The van der Waals surface area contributed by atoms with Crippen molar-refractivity contribution in [2.75, 3.05) is 12.4 Å². The van der Waals surface area contributed by atoms with Gasteiger partial charge in [0.1, 0.15) is 5.75 Å². The fourth-order valence-corrected chi connectivity index (χ4v) is 3.07. The first-order valence-electron chi connectivity index (χ1n) is 7.77. The molecule has 0 saturated heterocycles. The summed E-state index contributed by atoms with van der Waals surface area (Å²) in [6.07, 6.45) is 0. The molecule has 126 valence electrons. The molecule has 0 aliphatic heterocycles. The van der Waals surface area contributed by atoms with Crippen molar-refractivity contribution in [2.24, 2.45) is 0 Å². The molecule has 3 aromatic rings. The monoisotopic (exact) mass is 351 g/mol. The quantitative estimate of drug-likeness (QED) is 0.542. The van der Waals surface area contributed by atoms with E-state index in [9.17, 15) is 0 Å². The lowest BCUT2D eigenvalue weighted by molar-refractivity contribution is 0.340. The van der Waals surface area contributed by atoms with Gasteiger partial charge in [-0.2, -0.15) is 5.26 Å². The van der Waals surface area contributed by atoms with Crippen LogP contribution in [0.5, 0.6) is 5.75 Å². The predicted molar refractivity (Wildman–Crippen MR) is 97.5 cm³/mol. The molecule has 0 bridgehead atoms. The average molecular weight is 351 g/mol. The third kappa shape index (κ3) is 3.92. The number of nitriles is 1. The van der Waals surface area contributed by atoms with Gasteiger partial charge in [-0.15, -0.1) is 10.2 Å². The highest BCUT2D eigenvalue weighted by molar-refractivity contribution is 7.98. The van der Waals surface area contributed by atoms with Crippen molar-refractivity contribution in [1.82, 2.24) is 14.9 Å². The molecule has 0 atom stereocenters. The topological polar surface area (TPSA) is 89.8 Å². The number of nitrogen functional groups attached to an aromatic ring is 1. The molecule has 0 aliphatic carbocycles. The average Bonchev–Trinajstić information content (AvgIpc) is 3.02. The molecule has 0 radical (unpaired) electrons. The Morgan fingerprint density at radius 2 is 1.84 bits per heavy atom. The largest absolute Gasteiger partial charge is 0.494 e. The summed E-state index contributed by atoms with van der Waals surface area (Å²) in [6, 6.07) is 17.2. The fraction of sp³-hybridized carbons (Fsp3) is 0.167. The Balaban J connectivity index is 1.71. The third-order valence-corrected chi connectivity index (χ3v) is 4.55. The van der Waals surface area contributed by atoms with Gasteiger partial charge < -0.3 is 10.6 Å². The number of rotatable bonds is 6. The molecule has 1 heterocycles. The summed E-state index contributed by atoms with van der Waals surface area (Å²) >= 11 is 1.50. The second-order valence-electron chi connectivity index (χ2n) is 5.23. The Morgan fingerprint density at radius 1 is 1.12 bits per heavy atom. The van der Waals surface area contributed by atoms with Gasteiger partial charge in [0.2, 0.25) is 5.16 Å². The lowest BCUT2D eigenvalue weighted by atomic mass is 10.2. The molecule has 2 N–H and O–H groups in total. The molecule has 7 heteroatoms. The Hall–Kier alpha value is -2.98. The van der Waals surface area contributed by atoms with E-state index in [0.717, 1.165) is 16.9 Å². The van der Waals surface area contributed by atoms with Crippen LogP contribution in [0.15, 0.2) is 53.7 Å². The number of hydrogen-bond donors (Lipinski definition) is 1. The third-order valence-electron chi connectivity index (χ3n) is 3.54. The first-order chi connectivity index (χ1) is 12.2. The van der Waals surface area contributed by atoms with Crippen LogP contribution in [0.3, 0.4) is 0 Å². The lowest BCUT2D eigenvalue weighted by Crippen LogP contribution is -2.11. The number of benzene rings is 2. The van der Waals surface area contributed by atoms with E-state index in [4.69, 9.17) is 15.8 Å². The number of hydrogen-bond acceptors (Lipinski definition) is 6. The van der Waals surface area contributed by atoms with Gasteiger partial charge in [0.25, 0.3) is 0 Å². The van der Waals surface area contributed by atoms with E-state index in [1.54, 1.807) is 12.1 Å². The standard InChI is InChI=1S/C18H17N5OS/c1-2-24-16-9-7-15(8-10-16)17-21-22-18(23(17)20)25-12-14-5-3-13(11-19)4-6-14/h3-10H,2,12,20H2,1H3. The van der Waals surface area contributed by atoms with Crippen LogP contribution in [-0.2, 0) is 5.75 Å². The SMILES string of the molecule is CCOc1ccc(-c2nnc(SCc3ccc(C#N)cc3)n2N)cc1. The summed E-state index contributed by atoms with van der Waals surface area (Å²) in [5.41, 5.74) is 2.62. The van der Waals surface area contributed by atoms with E-state index >= 15 is 0 Å². The van der Waals surface area contributed by atoms with Crippen LogP contribution in [0.1, 0.15) is 18.1 Å². The fourth-order valence-electron chi connectivity index (χ4n) is 2.26. The van der Waals surface area contributed by atoms with E-state index in [0.29, 0.717) is 28.9 Å². The Labute approximate surface area is 150 Å². The van der Waals surface area contributed by atoms with Gasteiger partial charge in [0.05, 0.1) is 18.2 Å². The summed E-state index contributed by atoms with van der Waals surface area (Å²) in [5.74, 6) is 8.25. The molecule has 0 aliphatic rings. The van der Waals surface area contributed by atoms with E-state index in [1.165, 1.54) is 16.4 Å². The van der Waals surface area contributed by atoms with Gasteiger partial charge in [-0.25, -0.2) is 4.68 Å². The summed E-state index contributed by atoms with van der Waals surface area (Å²) in [7, 11) is 0. The first kappa shape index (κ1) is 16.9. The Kier molecular flexibility index (Phi) is 5.21. The number of ether oxygens (including phenoxy) is 1. The number of nitrogens with zero attached hydrogens (tertiary/aromatic N) is 4. The zero-order chi connectivity index (χ0) is 17.6. The van der Waals surface area contributed by atoms with Gasteiger partial charge in [-0.05, 0) is 48.9 Å². The van der Waals surface area contributed by atoms with E-state index in [2.05, 4.69) is 16.3 Å². The second kappa shape index (κ2) is 7.73. The molecule has 0 unspecified atom stereocenters. The van der Waals surface area contributed by atoms with Crippen LogP contribution in [-0.4, -0.2) is 21.5 Å². The molecule has 25 heavy (non-hydrogen) atoms. The molecule has 1 aromatic heterocycles. The molecule has 0 amide bonds. The van der Waals surface area contributed by atoms with Crippen molar-refractivity contribution in [3.05, 3.63) is 59.7 Å². The molecular formula is C18H17N5OS. The van der Waals surface area contributed by atoms with Crippen LogP contribution >= 0.6 is 11.8 Å². The predicted octanol–water partition coefficient (Wildman–Crippen LogP) is 3.22. The minimum Gasteiger partial charge on any atom is -0.494 e. The van der Waals surface area contributed by atoms with Crippen molar-refractivity contribution < 1.29 is 4.74 Å². The lowest BCUT2D eigenvalue weighted by Gasteiger charge is -2.06. The Bertz CT molecular complexity index is 881. The molecule has 6 nitrogen and oxygen atoms in total. The number of thioether (sulfide) groups is 1. The summed E-state index contributed by atoms with van der Waals surface area (Å²) in [4.78, 5) is 0. The van der Waals surface area contributed by atoms with Crippen molar-refractivity contribution in [1.29, 1.82) is 5.26 Å². The zero-order valence-electron chi connectivity index (χ0n) is 13.7. The highest BCUT2D eigenvalue weighted by Crippen LogP contribution is 2.25. The van der Waals surface area contributed by atoms with Crippen molar-refractivity contribution >= 4 is 11.8 Å². The minimum atomic E-state index is 0.602. The van der Waals surface area contributed by atoms with Crippen LogP contribution in [0.4, 0.5) is 0 Å². The van der Waals surface area contributed by atoms with E-state index in [1.807, 2.05) is 43.3 Å². The second-order valence-corrected chi connectivity index (χ2v) is 6.17. The molecule has 0 saturated carbocycles. The maximum atomic E-state index is 8.83. The molecule has 0 spiro atoms. The van der Waals surface area contributed by atoms with Crippen molar-refractivity contribution in [2.45, 2.75) is 17.8 Å². The van der Waals surface area contributed by atoms with Crippen LogP contribution in [0.25, 0.3) is 11.4 Å². The summed E-state index contributed by atoms with van der Waals surface area (Å²) in [6.45, 7) is 2.57. The molecule has 3 rings (SSSR count). The van der Waals surface area contributed by atoms with Gasteiger partial charge in [-0.1, -0.05) is 23.9 Å². The van der Waals surface area contributed by atoms with Crippen LogP contribution in [0, 0.1) is 11.3 Å². The summed E-state index contributed by atoms with van der Waals surface area (Å²) < 4.78 is 6.93. The molecule has 2 aromatic carbocycles. The maximum Gasteiger partial charge on any atom is 0.210 e. The van der Waals surface area contributed by atoms with Crippen LogP contribution < -0.4 is 10.6 Å². The van der Waals surface area contributed by atoms with Crippen molar-refractivity contribution in [3.63, 3.8) is 0 Å². The maximum absolute atomic E-state index is 8.83. The Morgan fingerprint density at radius 3 is 2.48 bits per heavy atom. The van der Waals surface area contributed by atoms with Gasteiger partial charge in [0.15, 0.2) is 5.82 Å². The zero-order valence-corrected chi connectivity index (χ0v) is 14.5. The molecular weight excluding hydrogens is 334 g/mol. The van der Waals surface area contributed by atoms with E-state index < -0.39 is 0 Å². The highest BCUT2D eigenvalue weighted by Gasteiger charge is 2.12. The highest BCUT2D eigenvalue weighted by atomic mass is 32.2. The smallest absolute Gasteiger partial charge is 0.210 e. The van der Waals surface area contributed by atoms with Gasteiger partial charge >= 0.3 is 0 Å². The number of aromatic nitrogens is 3. The normalized spacial score (nSPS) is 10.4. The summed E-state index contributed by atoms with van der Waals surface area (Å²) in [5, 5.41) is 17.8. The molecule has 0 fully saturated rings. The van der Waals surface area contributed by atoms with Gasteiger partial charge in [-0.3, -0.25) is 0 Å². The number of nitrogens with two attached hydrogens (primary N) is 1. The van der Waals surface area contributed by atoms with Crippen LogP contribution in [0.2, 0.25) is 0 Å². The van der Waals surface area contributed by atoms with Gasteiger partial charge in [0, 0.05) is 11.3 Å². The minimum absolute atomic E-state index is 0.602.